The summed E-state index contributed by atoms with van der Waals surface area (Å²) in [5, 5.41) is 0. The Hall–Kier alpha value is -1.89. The van der Waals surface area contributed by atoms with Gasteiger partial charge >= 0.3 is 0 Å². The third-order valence-electron chi connectivity index (χ3n) is 2.56. The highest BCUT2D eigenvalue weighted by Gasteiger charge is 1.99. The summed E-state index contributed by atoms with van der Waals surface area (Å²) in [5.74, 6) is 0. The summed E-state index contributed by atoms with van der Waals surface area (Å²) in [5.41, 5.74) is 5.41. The molecule has 16 heavy (non-hydrogen) atoms. The topological polar surface area (TPSA) is 17.1 Å². The number of benzene rings is 2. The number of carbonyl (C=O) groups excluding carboxylic acids is 1. The summed E-state index contributed by atoms with van der Waals surface area (Å²) in [6.07, 6.45) is 1.88. The maximum Gasteiger partial charge on any atom is 0.233 e. The Labute approximate surface area is 95.7 Å². The van der Waals surface area contributed by atoms with Gasteiger partial charge in [0.15, 0.2) is 0 Å². The van der Waals surface area contributed by atoms with Crippen molar-refractivity contribution in [1.29, 1.82) is 0 Å². The zero-order valence-electron chi connectivity index (χ0n) is 9.45. The molecule has 0 aromatic heterocycles. The fraction of sp³-hybridized carbons (Fsp3) is 0.133. The second kappa shape index (κ2) is 4.31. The molecule has 2 aromatic carbocycles. The van der Waals surface area contributed by atoms with Gasteiger partial charge in [0.2, 0.25) is 6.29 Å². The summed E-state index contributed by atoms with van der Waals surface area (Å²) in [6, 6.07) is 13.9. The highest BCUT2D eigenvalue weighted by Crippen LogP contribution is 2.22. The molecule has 0 spiro atoms. The van der Waals surface area contributed by atoms with Crippen LogP contribution in [0.3, 0.4) is 0 Å². The summed E-state index contributed by atoms with van der Waals surface area (Å²) in [7, 11) is 0. The monoisotopic (exact) mass is 209 g/mol. The van der Waals surface area contributed by atoms with Crippen LogP contribution in [0, 0.1) is 13.8 Å². The van der Waals surface area contributed by atoms with E-state index in [4.69, 9.17) is 0 Å². The molecule has 1 heteroatoms. The molecule has 2 rings (SSSR count). The van der Waals surface area contributed by atoms with Crippen molar-refractivity contribution in [3.8, 4) is 11.1 Å². The molecule has 0 saturated carbocycles. The quantitative estimate of drug-likeness (QED) is 0.740. The molecule has 1 nitrogen and oxygen atoms in total. The molecule has 0 unspecified atom stereocenters. The zero-order chi connectivity index (χ0) is 11.5. The highest BCUT2D eigenvalue weighted by molar-refractivity contribution is 5.77. The number of hydrogen-bond donors (Lipinski definition) is 0. The van der Waals surface area contributed by atoms with Crippen molar-refractivity contribution in [2.75, 3.05) is 0 Å². The van der Waals surface area contributed by atoms with Crippen LogP contribution in [0.5, 0.6) is 0 Å². The SMILES string of the molecule is Cc1cc(C)cc(-c2ccc([C]=O)cc2)c1. The van der Waals surface area contributed by atoms with E-state index in [-0.39, 0.29) is 0 Å². The third kappa shape index (κ3) is 2.19. The molecule has 0 fully saturated rings. The Balaban J connectivity index is 2.45. The average Bonchev–Trinajstić information content (AvgIpc) is 2.28. The number of rotatable bonds is 2. The second-order valence-electron chi connectivity index (χ2n) is 4.06. The van der Waals surface area contributed by atoms with E-state index in [2.05, 4.69) is 32.0 Å². The lowest BCUT2D eigenvalue weighted by molar-refractivity contribution is 0.563. The molecule has 0 saturated heterocycles. The Morgan fingerprint density at radius 3 is 1.88 bits per heavy atom. The minimum Gasteiger partial charge on any atom is -0.285 e. The van der Waals surface area contributed by atoms with Gasteiger partial charge in [-0.25, -0.2) is 0 Å². The smallest absolute Gasteiger partial charge is 0.233 e. The molecule has 2 aromatic rings. The van der Waals surface area contributed by atoms with Crippen LogP contribution in [-0.2, 0) is 4.79 Å². The van der Waals surface area contributed by atoms with Gasteiger partial charge in [-0.2, -0.15) is 0 Å². The fourth-order valence-electron chi connectivity index (χ4n) is 1.87. The molecule has 0 aliphatic rings. The molecule has 0 bridgehead atoms. The van der Waals surface area contributed by atoms with E-state index in [9.17, 15) is 4.79 Å². The average molecular weight is 209 g/mol. The Morgan fingerprint density at radius 1 is 0.812 bits per heavy atom. The van der Waals surface area contributed by atoms with Crippen molar-refractivity contribution in [3.63, 3.8) is 0 Å². The van der Waals surface area contributed by atoms with Crippen LogP contribution in [0.2, 0.25) is 0 Å². The van der Waals surface area contributed by atoms with Crippen molar-refractivity contribution in [3.05, 3.63) is 59.2 Å². The third-order valence-corrected chi connectivity index (χ3v) is 2.56. The van der Waals surface area contributed by atoms with Crippen molar-refractivity contribution in [2.45, 2.75) is 13.8 Å². The van der Waals surface area contributed by atoms with Crippen LogP contribution in [0.1, 0.15) is 16.7 Å². The first-order chi connectivity index (χ1) is 7.69. The lowest BCUT2D eigenvalue weighted by Gasteiger charge is -2.05. The zero-order valence-corrected chi connectivity index (χ0v) is 9.45. The van der Waals surface area contributed by atoms with Crippen LogP contribution in [0.15, 0.2) is 42.5 Å². The van der Waals surface area contributed by atoms with Crippen molar-refractivity contribution >= 4 is 6.29 Å². The van der Waals surface area contributed by atoms with E-state index >= 15 is 0 Å². The molecule has 1 radical (unpaired) electrons. The highest BCUT2D eigenvalue weighted by atomic mass is 16.1. The van der Waals surface area contributed by atoms with Gasteiger partial charge < -0.3 is 0 Å². The van der Waals surface area contributed by atoms with Gasteiger partial charge in [0, 0.05) is 5.56 Å². The van der Waals surface area contributed by atoms with Crippen molar-refractivity contribution in [2.24, 2.45) is 0 Å². The molecule has 0 amide bonds. The first-order valence-electron chi connectivity index (χ1n) is 5.26. The van der Waals surface area contributed by atoms with E-state index in [0.29, 0.717) is 5.56 Å². The van der Waals surface area contributed by atoms with Gasteiger partial charge in [-0.05, 0) is 25.0 Å². The first kappa shape index (κ1) is 10.6. The van der Waals surface area contributed by atoms with Gasteiger partial charge in [-0.1, -0.05) is 53.6 Å². The molecule has 0 heterocycles. The lowest BCUT2D eigenvalue weighted by Crippen LogP contribution is -1.84. The van der Waals surface area contributed by atoms with Crippen LogP contribution in [0.4, 0.5) is 0 Å². The van der Waals surface area contributed by atoms with Gasteiger partial charge in [-0.15, -0.1) is 0 Å². The predicted octanol–water partition coefficient (Wildman–Crippen LogP) is 3.43. The summed E-state index contributed by atoms with van der Waals surface area (Å²) in [4.78, 5) is 10.4. The maximum atomic E-state index is 10.4. The van der Waals surface area contributed by atoms with E-state index < -0.39 is 0 Å². The van der Waals surface area contributed by atoms with E-state index in [1.807, 2.05) is 18.4 Å². The minimum atomic E-state index is 0.591. The summed E-state index contributed by atoms with van der Waals surface area (Å²) in [6.45, 7) is 4.17. The number of hydrogen-bond acceptors (Lipinski definition) is 1. The first-order valence-corrected chi connectivity index (χ1v) is 5.26. The van der Waals surface area contributed by atoms with E-state index in [1.165, 1.54) is 16.7 Å². The molecular formula is C15H13O. The van der Waals surface area contributed by atoms with E-state index in [1.54, 1.807) is 12.1 Å². The molecule has 79 valence electrons. The predicted molar refractivity (Wildman–Crippen MR) is 66.1 cm³/mol. The molecule has 0 aliphatic carbocycles. The van der Waals surface area contributed by atoms with Crippen molar-refractivity contribution < 1.29 is 4.79 Å². The fourth-order valence-corrected chi connectivity index (χ4v) is 1.87. The Kier molecular flexibility index (Phi) is 2.86. The normalized spacial score (nSPS) is 10.1. The molecule has 0 aliphatic heterocycles. The van der Waals surface area contributed by atoms with Gasteiger partial charge in [-0.3, -0.25) is 4.79 Å². The summed E-state index contributed by atoms with van der Waals surface area (Å²) < 4.78 is 0. The lowest BCUT2D eigenvalue weighted by atomic mass is 10.00. The minimum absolute atomic E-state index is 0.591. The van der Waals surface area contributed by atoms with Crippen LogP contribution in [-0.4, -0.2) is 6.29 Å². The van der Waals surface area contributed by atoms with Crippen LogP contribution < -0.4 is 0 Å². The molecule has 0 atom stereocenters. The van der Waals surface area contributed by atoms with Gasteiger partial charge in [0.1, 0.15) is 0 Å². The largest absolute Gasteiger partial charge is 0.285 e. The van der Waals surface area contributed by atoms with Gasteiger partial charge in [0.25, 0.3) is 0 Å². The van der Waals surface area contributed by atoms with Crippen LogP contribution in [0.25, 0.3) is 11.1 Å². The molecular weight excluding hydrogens is 196 g/mol. The Bertz CT molecular complexity index is 489. The van der Waals surface area contributed by atoms with Gasteiger partial charge in [0.05, 0.1) is 0 Å². The summed E-state index contributed by atoms with van der Waals surface area (Å²) >= 11 is 0. The Morgan fingerprint density at radius 2 is 1.38 bits per heavy atom. The number of aryl methyl sites for hydroxylation is 2. The van der Waals surface area contributed by atoms with E-state index in [0.717, 1.165) is 5.56 Å². The second-order valence-corrected chi connectivity index (χ2v) is 4.06. The maximum absolute atomic E-state index is 10.4. The standard InChI is InChI=1S/C15H13O/c1-11-7-12(2)9-15(8-11)14-5-3-13(10-16)4-6-14/h3-9H,1-2H3. The van der Waals surface area contributed by atoms with Crippen LogP contribution >= 0.6 is 0 Å². The molecule has 0 N–H and O–H groups in total. The van der Waals surface area contributed by atoms with Crippen molar-refractivity contribution in [1.82, 2.24) is 0 Å².